The van der Waals surface area contributed by atoms with E-state index in [1.807, 2.05) is 45.0 Å². The zero-order chi connectivity index (χ0) is 26.9. The molecule has 2 amide bonds. The number of benzene rings is 2. The molecule has 2 aromatic rings. The van der Waals surface area contributed by atoms with E-state index in [0.29, 0.717) is 11.4 Å². The van der Waals surface area contributed by atoms with Gasteiger partial charge in [0.1, 0.15) is 11.8 Å². The summed E-state index contributed by atoms with van der Waals surface area (Å²) in [6.45, 7) is 8.01. The normalized spacial score (nSPS) is 12.9. The maximum atomic E-state index is 13.4. The highest BCUT2D eigenvalue weighted by atomic mass is 32.2. The first-order valence-electron chi connectivity index (χ1n) is 12.2. The van der Waals surface area contributed by atoms with Gasteiger partial charge in [0.25, 0.3) is 0 Å². The summed E-state index contributed by atoms with van der Waals surface area (Å²) in [5.41, 5.74) is 2.42. The summed E-state index contributed by atoms with van der Waals surface area (Å²) in [6.07, 6.45) is 2.29. The predicted molar refractivity (Wildman–Crippen MR) is 144 cm³/mol. The zero-order valence-corrected chi connectivity index (χ0v) is 23.0. The molecule has 2 aromatic carbocycles. The fourth-order valence-corrected chi connectivity index (χ4v) is 4.84. The van der Waals surface area contributed by atoms with Gasteiger partial charge in [-0.3, -0.25) is 13.9 Å². The van der Waals surface area contributed by atoms with E-state index >= 15 is 0 Å². The van der Waals surface area contributed by atoms with Crippen molar-refractivity contribution in [1.29, 1.82) is 0 Å². The lowest BCUT2D eigenvalue weighted by molar-refractivity contribution is -0.140. The first-order valence-corrected chi connectivity index (χ1v) is 14.1. The van der Waals surface area contributed by atoms with Crippen molar-refractivity contribution in [2.45, 2.75) is 65.6 Å². The number of aryl methyl sites for hydroxylation is 1. The number of nitrogens with one attached hydrogen (secondary N) is 1. The largest absolute Gasteiger partial charge is 0.495 e. The third-order valence-corrected chi connectivity index (χ3v) is 7.29. The number of methoxy groups -OCH3 is 1. The Labute approximate surface area is 215 Å². The van der Waals surface area contributed by atoms with Crippen LogP contribution in [-0.4, -0.2) is 57.1 Å². The van der Waals surface area contributed by atoms with Gasteiger partial charge >= 0.3 is 0 Å². The van der Waals surface area contributed by atoms with Crippen LogP contribution in [0.5, 0.6) is 5.75 Å². The summed E-state index contributed by atoms with van der Waals surface area (Å²) < 4.78 is 31.7. The highest BCUT2D eigenvalue weighted by molar-refractivity contribution is 7.92. The van der Waals surface area contributed by atoms with Crippen LogP contribution in [0.3, 0.4) is 0 Å². The molecule has 0 saturated carbocycles. The maximum absolute atomic E-state index is 13.4. The van der Waals surface area contributed by atoms with Crippen molar-refractivity contribution in [1.82, 2.24) is 10.2 Å². The molecule has 2 atom stereocenters. The average molecular weight is 518 g/mol. The Hall–Kier alpha value is -3.07. The Morgan fingerprint density at radius 3 is 2.39 bits per heavy atom. The van der Waals surface area contributed by atoms with Crippen molar-refractivity contribution in [3.8, 4) is 5.75 Å². The number of ether oxygens (including phenoxy) is 1. The molecule has 0 aliphatic heterocycles. The fourth-order valence-electron chi connectivity index (χ4n) is 3.87. The monoisotopic (exact) mass is 517 g/mol. The Morgan fingerprint density at radius 1 is 1.08 bits per heavy atom. The molecule has 0 spiro atoms. The number of carbonyl (C=O) groups excluding carboxylic acids is 2. The van der Waals surface area contributed by atoms with Crippen LogP contribution in [0.15, 0.2) is 48.5 Å². The SMILES string of the molecule is CC[C@@H](C)NC(=O)[C@@H](C)N(Cc1cccc(C)c1)C(=O)CCCN(c1ccccc1OC)S(C)(=O)=O. The summed E-state index contributed by atoms with van der Waals surface area (Å²) in [4.78, 5) is 27.8. The van der Waals surface area contributed by atoms with Gasteiger partial charge in [-0.1, -0.05) is 48.9 Å². The topological polar surface area (TPSA) is 96.0 Å². The molecule has 0 radical (unpaired) electrons. The third kappa shape index (κ3) is 8.26. The summed E-state index contributed by atoms with van der Waals surface area (Å²) in [6, 6.07) is 14.0. The summed E-state index contributed by atoms with van der Waals surface area (Å²) in [7, 11) is -2.12. The van der Waals surface area contributed by atoms with Crippen molar-refractivity contribution >= 4 is 27.5 Å². The number of hydrogen-bond donors (Lipinski definition) is 1. The number of hydrogen-bond acceptors (Lipinski definition) is 5. The van der Waals surface area contributed by atoms with Gasteiger partial charge in [0.2, 0.25) is 21.8 Å². The smallest absolute Gasteiger partial charge is 0.242 e. The second-order valence-corrected chi connectivity index (χ2v) is 11.0. The number of rotatable bonds is 13. The van der Waals surface area contributed by atoms with Gasteiger partial charge in [-0.2, -0.15) is 0 Å². The van der Waals surface area contributed by atoms with Crippen LogP contribution in [0, 0.1) is 6.92 Å². The molecule has 0 aliphatic rings. The van der Waals surface area contributed by atoms with Crippen molar-refractivity contribution in [2.75, 3.05) is 24.2 Å². The lowest BCUT2D eigenvalue weighted by Gasteiger charge is -2.30. The highest BCUT2D eigenvalue weighted by Crippen LogP contribution is 2.29. The molecule has 198 valence electrons. The van der Waals surface area contributed by atoms with E-state index in [4.69, 9.17) is 4.74 Å². The van der Waals surface area contributed by atoms with E-state index in [9.17, 15) is 18.0 Å². The first kappa shape index (κ1) is 29.2. The Bertz CT molecular complexity index is 1140. The van der Waals surface area contributed by atoms with Crippen LogP contribution >= 0.6 is 0 Å². The van der Waals surface area contributed by atoms with E-state index < -0.39 is 16.1 Å². The molecule has 0 heterocycles. The molecule has 0 aromatic heterocycles. The highest BCUT2D eigenvalue weighted by Gasteiger charge is 2.27. The van der Waals surface area contributed by atoms with Crippen LogP contribution in [0.4, 0.5) is 5.69 Å². The minimum Gasteiger partial charge on any atom is -0.495 e. The molecular formula is C27H39N3O5S. The summed E-state index contributed by atoms with van der Waals surface area (Å²) in [5.74, 6) is 0.0135. The number of carbonyl (C=O) groups is 2. The second kappa shape index (κ2) is 13.3. The molecule has 1 N–H and O–H groups in total. The van der Waals surface area contributed by atoms with Crippen LogP contribution in [0.2, 0.25) is 0 Å². The zero-order valence-electron chi connectivity index (χ0n) is 22.2. The standard InChI is InChI=1S/C27H39N3O5S/c1-7-21(3)28-27(32)22(4)29(19-23-13-10-12-20(2)18-23)26(31)16-11-17-30(36(6,33)34)24-14-8-9-15-25(24)35-5/h8-10,12-15,18,21-22H,7,11,16-17,19H2,1-6H3,(H,28,32)/t21-,22-/m1/s1. The molecule has 2 rings (SSSR count). The number of para-hydroxylation sites is 2. The third-order valence-electron chi connectivity index (χ3n) is 6.11. The van der Waals surface area contributed by atoms with Crippen molar-refractivity contribution < 1.29 is 22.7 Å². The van der Waals surface area contributed by atoms with E-state index in [0.717, 1.165) is 23.8 Å². The number of anilines is 1. The lowest BCUT2D eigenvalue weighted by Crippen LogP contribution is -2.49. The number of nitrogens with zero attached hydrogens (tertiary/aromatic N) is 2. The van der Waals surface area contributed by atoms with E-state index in [2.05, 4.69) is 5.32 Å². The average Bonchev–Trinajstić information content (AvgIpc) is 2.83. The van der Waals surface area contributed by atoms with Crippen molar-refractivity contribution in [3.05, 3.63) is 59.7 Å². The van der Waals surface area contributed by atoms with Crippen LogP contribution < -0.4 is 14.4 Å². The van der Waals surface area contributed by atoms with E-state index in [1.165, 1.54) is 11.4 Å². The Balaban J connectivity index is 2.20. The lowest BCUT2D eigenvalue weighted by atomic mass is 10.1. The maximum Gasteiger partial charge on any atom is 0.242 e. The summed E-state index contributed by atoms with van der Waals surface area (Å²) in [5, 5.41) is 2.96. The molecule has 0 fully saturated rings. The fraction of sp³-hybridized carbons (Fsp3) is 0.481. The quantitative estimate of drug-likeness (QED) is 0.435. The van der Waals surface area contributed by atoms with E-state index in [-0.39, 0.29) is 43.8 Å². The molecule has 0 unspecified atom stereocenters. The van der Waals surface area contributed by atoms with Gasteiger partial charge in [0, 0.05) is 25.6 Å². The van der Waals surface area contributed by atoms with Crippen molar-refractivity contribution in [2.24, 2.45) is 0 Å². The predicted octanol–water partition coefficient (Wildman–Crippen LogP) is 3.88. The van der Waals surface area contributed by atoms with Crippen molar-refractivity contribution in [3.63, 3.8) is 0 Å². The Morgan fingerprint density at radius 2 is 1.78 bits per heavy atom. The van der Waals surface area contributed by atoms with Crippen LogP contribution in [0.1, 0.15) is 51.2 Å². The molecule has 0 aliphatic carbocycles. The summed E-state index contributed by atoms with van der Waals surface area (Å²) >= 11 is 0. The Kier molecular flexibility index (Phi) is 10.8. The van der Waals surface area contributed by atoms with Gasteiger partial charge in [-0.05, 0) is 51.3 Å². The van der Waals surface area contributed by atoms with Crippen LogP contribution in [0.25, 0.3) is 0 Å². The molecule has 36 heavy (non-hydrogen) atoms. The molecular weight excluding hydrogens is 478 g/mol. The first-order chi connectivity index (χ1) is 17.0. The van der Waals surface area contributed by atoms with Crippen LogP contribution in [-0.2, 0) is 26.2 Å². The minimum absolute atomic E-state index is 0.0000403. The van der Waals surface area contributed by atoms with Gasteiger partial charge in [-0.15, -0.1) is 0 Å². The van der Waals surface area contributed by atoms with Gasteiger partial charge in [0.05, 0.1) is 19.1 Å². The number of sulfonamides is 1. The molecule has 0 bridgehead atoms. The second-order valence-electron chi connectivity index (χ2n) is 9.12. The van der Waals surface area contributed by atoms with Gasteiger partial charge in [-0.25, -0.2) is 8.42 Å². The van der Waals surface area contributed by atoms with E-state index in [1.54, 1.807) is 36.1 Å². The molecule has 9 heteroatoms. The van der Waals surface area contributed by atoms with Gasteiger partial charge < -0.3 is 15.0 Å². The van der Waals surface area contributed by atoms with Gasteiger partial charge in [0.15, 0.2) is 0 Å². The minimum atomic E-state index is -3.60. The number of amides is 2. The molecule has 8 nitrogen and oxygen atoms in total. The molecule has 0 saturated heterocycles.